The number of hydrogen-bond donors (Lipinski definition) is 2. The van der Waals surface area contributed by atoms with Gasteiger partial charge in [0.05, 0.1) is 12.1 Å². The Morgan fingerprint density at radius 1 is 1.42 bits per heavy atom. The first-order valence-electron chi connectivity index (χ1n) is 6.32. The Kier molecular flexibility index (Phi) is 3.74. The van der Waals surface area contributed by atoms with Crippen molar-refractivity contribution in [1.29, 1.82) is 0 Å². The van der Waals surface area contributed by atoms with Crippen LogP contribution in [-0.2, 0) is 4.79 Å². The van der Waals surface area contributed by atoms with E-state index in [1.807, 2.05) is 0 Å². The normalized spacial score (nSPS) is 14.0. The number of carbonyl (C=O) groups excluding carboxylic acids is 2. The van der Waals surface area contributed by atoms with Crippen LogP contribution in [-0.4, -0.2) is 41.5 Å². The molecule has 1 fully saturated rings. The second kappa shape index (κ2) is 5.30. The molecule has 2 N–H and O–H groups in total. The smallest absolute Gasteiger partial charge is 0.257 e. The van der Waals surface area contributed by atoms with Crippen LogP contribution in [0.2, 0.25) is 0 Å². The average molecular weight is 262 g/mol. The number of amides is 2. The van der Waals surface area contributed by atoms with E-state index in [0.29, 0.717) is 5.56 Å². The molecule has 5 nitrogen and oxygen atoms in total. The molecule has 19 heavy (non-hydrogen) atoms. The Bertz CT molecular complexity index is 509. The van der Waals surface area contributed by atoms with Crippen molar-refractivity contribution in [1.82, 2.24) is 10.2 Å². The van der Waals surface area contributed by atoms with Crippen molar-refractivity contribution in [2.75, 3.05) is 13.6 Å². The fourth-order valence-electron chi connectivity index (χ4n) is 1.83. The number of carbonyl (C=O) groups is 2. The standard InChI is InChI=1S/C14H18N2O3/c1-9-4-3-5-11(13(9)18)14(19)16(2)8-12(17)15-10-6-7-10/h3-5,10,18H,6-8H2,1-2H3,(H,15,17). The number of likely N-dealkylation sites (N-methyl/N-ethyl adjacent to an activating group) is 1. The molecule has 1 aliphatic rings. The summed E-state index contributed by atoms with van der Waals surface area (Å²) < 4.78 is 0. The van der Waals surface area contributed by atoms with E-state index in [9.17, 15) is 14.7 Å². The second-order valence-corrected chi connectivity index (χ2v) is 4.97. The van der Waals surface area contributed by atoms with Crippen LogP contribution in [0.25, 0.3) is 0 Å². The van der Waals surface area contributed by atoms with Gasteiger partial charge in [-0.3, -0.25) is 9.59 Å². The number of aromatic hydroxyl groups is 1. The van der Waals surface area contributed by atoms with Gasteiger partial charge in [-0.15, -0.1) is 0 Å². The van der Waals surface area contributed by atoms with E-state index >= 15 is 0 Å². The quantitative estimate of drug-likeness (QED) is 0.852. The molecule has 0 radical (unpaired) electrons. The van der Waals surface area contributed by atoms with Crippen LogP contribution in [0.5, 0.6) is 5.75 Å². The van der Waals surface area contributed by atoms with Crippen LogP contribution in [0.4, 0.5) is 0 Å². The SMILES string of the molecule is Cc1cccc(C(=O)N(C)CC(=O)NC2CC2)c1O. The van der Waals surface area contributed by atoms with Gasteiger partial charge in [0.1, 0.15) is 5.75 Å². The maximum Gasteiger partial charge on any atom is 0.257 e. The largest absolute Gasteiger partial charge is 0.507 e. The molecule has 2 amide bonds. The number of phenolic OH excluding ortho intramolecular Hbond substituents is 1. The molecule has 0 aromatic heterocycles. The number of nitrogens with zero attached hydrogens (tertiary/aromatic N) is 1. The third-order valence-corrected chi connectivity index (χ3v) is 3.14. The summed E-state index contributed by atoms with van der Waals surface area (Å²) in [6.07, 6.45) is 2.03. The van der Waals surface area contributed by atoms with Gasteiger partial charge in [0.2, 0.25) is 5.91 Å². The highest BCUT2D eigenvalue weighted by molar-refractivity contribution is 5.98. The third kappa shape index (κ3) is 3.24. The minimum Gasteiger partial charge on any atom is -0.507 e. The topological polar surface area (TPSA) is 69.6 Å². The predicted octanol–water partition coefficient (Wildman–Crippen LogP) is 1.05. The number of aryl methyl sites for hydroxylation is 1. The van der Waals surface area contributed by atoms with Crippen LogP contribution in [0, 0.1) is 6.92 Å². The van der Waals surface area contributed by atoms with Crippen molar-refractivity contribution < 1.29 is 14.7 Å². The highest BCUT2D eigenvalue weighted by Gasteiger charge is 2.25. The molecule has 1 saturated carbocycles. The fourth-order valence-corrected chi connectivity index (χ4v) is 1.83. The molecule has 1 aliphatic carbocycles. The van der Waals surface area contributed by atoms with Gasteiger partial charge >= 0.3 is 0 Å². The fraction of sp³-hybridized carbons (Fsp3) is 0.429. The Balaban J connectivity index is 2.01. The van der Waals surface area contributed by atoms with Gasteiger partial charge in [-0.1, -0.05) is 12.1 Å². The molecule has 1 aromatic carbocycles. The van der Waals surface area contributed by atoms with Gasteiger partial charge in [0, 0.05) is 13.1 Å². The molecule has 0 heterocycles. The van der Waals surface area contributed by atoms with Crippen molar-refractivity contribution in [2.24, 2.45) is 0 Å². The van der Waals surface area contributed by atoms with E-state index in [0.717, 1.165) is 12.8 Å². The van der Waals surface area contributed by atoms with E-state index in [2.05, 4.69) is 5.32 Å². The molecule has 2 rings (SSSR count). The summed E-state index contributed by atoms with van der Waals surface area (Å²) in [6.45, 7) is 1.73. The van der Waals surface area contributed by atoms with Crippen LogP contribution in [0.1, 0.15) is 28.8 Å². The Labute approximate surface area is 112 Å². The summed E-state index contributed by atoms with van der Waals surface area (Å²) in [7, 11) is 1.55. The van der Waals surface area contributed by atoms with E-state index in [4.69, 9.17) is 0 Å². The number of benzene rings is 1. The molecule has 5 heteroatoms. The maximum atomic E-state index is 12.1. The monoisotopic (exact) mass is 262 g/mol. The first-order valence-corrected chi connectivity index (χ1v) is 6.32. The molecule has 0 spiro atoms. The summed E-state index contributed by atoms with van der Waals surface area (Å²) in [4.78, 5) is 25.1. The molecule has 0 saturated heterocycles. The lowest BCUT2D eigenvalue weighted by Crippen LogP contribution is -2.39. The molecule has 0 atom stereocenters. The Morgan fingerprint density at radius 2 is 2.11 bits per heavy atom. The van der Waals surface area contributed by atoms with Crippen LogP contribution in [0.3, 0.4) is 0 Å². The molecule has 102 valence electrons. The van der Waals surface area contributed by atoms with Gasteiger partial charge in [-0.05, 0) is 31.4 Å². The van der Waals surface area contributed by atoms with Crippen LogP contribution >= 0.6 is 0 Å². The molecular formula is C14H18N2O3. The highest BCUT2D eigenvalue weighted by Crippen LogP contribution is 2.22. The van der Waals surface area contributed by atoms with Crippen molar-refractivity contribution >= 4 is 11.8 Å². The Morgan fingerprint density at radius 3 is 2.74 bits per heavy atom. The first-order chi connectivity index (χ1) is 8.99. The minimum absolute atomic E-state index is 0.00269. The van der Waals surface area contributed by atoms with E-state index in [1.54, 1.807) is 32.2 Å². The predicted molar refractivity (Wildman–Crippen MR) is 71.0 cm³/mol. The lowest BCUT2D eigenvalue weighted by Gasteiger charge is -2.17. The summed E-state index contributed by atoms with van der Waals surface area (Å²) in [5.41, 5.74) is 0.864. The zero-order valence-corrected chi connectivity index (χ0v) is 11.1. The van der Waals surface area contributed by atoms with Crippen molar-refractivity contribution in [3.05, 3.63) is 29.3 Å². The number of nitrogens with one attached hydrogen (secondary N) is 1. The van der Waals surface area contributed by atoms with E-state index in [-0.39, 0.29) is 35.7 Å². The highest BCUT2D eigenvalue weighted by atomic mass is 16.3. The molecule has 1 aromatic rings. The number of phenols is 1. The van der Waals surface area contributed by atoms with Crippen molar-refractivity contribution in [3.63, 3.8) is 0 Å². The van der Waals surface area contributed by atoms with E-state index < -0.39 is 0 Å². The van der Waals surface area contributed by atoms with Crippen LogP contribution in [0.15, 0.2) is 18.2 Å². The molecule has 0 bridgehead atoms. The molecular weight excluding hydrogens is 244 g/mol. The van der Waals surface area contributed by atoms with Gasteiger partial charge < -0.3 is 15.3 Å². The van der Waals surface area contributed by atoms with Gasteiger partial charge in [-0.25, -0.2) is 0 Å². The summed E-state index contributed by atoms with van der Waals surface area (Å²) >= 11 is 0. The molecule has 0 unspecified atom stereocenters. The lowest BCUT2D eigenvalue weighted by atomic mass is 10.1. The van der Waals surface area contributed by atoms with Gasteiger partial charge in [0.25, 0.3) is 5.91 Å². The van der Waals surface area contributed by atoms with Gasteiger partial charge in [0.15, 0.2) is 0 Å². The van der Waals surface area contributed by atoms with E-state index in [1.165, 1.54) is 4.90 Å². The van der Waals surface area contributed by atoms with Crippen molar-refractivity contribution in [3.8, 4) is 5.75 Å². The van der Waals surface area contributed by atoms with Gasteiger partial charge in [-0.2, -0.15) is 0 Å². The number of rotatable bonds is 4. The van der Waals surface area contributed by atoms with Crippen molar-refractivity contribution in [2.45, 2.75) is 25.8 Å². The first kappa shape index (κ1) is 13.4. The lowest BCUT2D eigenvalue weighted by molar-refractivity contribution is -0.121. The summed E-state index contributed by atoms with van der Waals surface area (Å²) in [5.74, 6) is -0.542. The maximum absolute atomic E-state index is 12.1. The third-order valence-electron chi connectivity index (χ3n) is 3.14. The minimum atomic E-state index is -0.354. The second-order valence-electron chi connectivity index (χ2n) is 4.97. The molecule has 0 aliphatic heterocycles. The summed E-state index contributed by atoms with van der Waals surface area (Å²) in [5, 5.41) is 12.7. The Hall–Kier alpha value is -2.04. The number of para-hydroxylation sites is 1. The zero-order chi connectivity index (χ0) is 14.0. The summed E-state index contributed by atoms with van der Waals surface area (Å²) in [6, 6.07) is 5.27. The number of hydrogen-bond acceptors (Lipinski definition) is 3. The van der Waals surface area contributed by atoms with Crippen LogP contribution < -0.4 is 5.32 Å². The zero-order valence-electron chi connectivity index (χ0n) is 11.1. The average Bonchev–Trinajstić information content (AvgIpc) is 3.15.